The van der Waals surface area contributed by atoms with Gasteiger partial charge in [0, 0.05) is 44.0 Å². The minimum Gasteiger partial charge on any atom is -0.339 e. The van der Waals surface area contributed by atoms with Crippen LogP contribution in [-0.4, -0.2) is 46.5 Å². The molecule has 1 saturated heterocycles. The quantitative estimate of drug-likeness (QED) is 0.817. The van der Waals surface area contributed by atoms with Crippen molar-refractivity contribution in [3.63, 3.8) is 0 Å². The van der Waals surface area contributed by atoms with Crippen LogP contribution >= 0.6 is 11.3 Å². The third kappa shape index (κ3) is 2.39. The predicted octanol–water partition coefficient (Wildman–Crippen LogP) is 1.54. The van der Waals surface area contributed by atoms with Crippen LogP contribution in [0.25, 0.3) is 10.2 Å². The molecule has 2 aromatic rings. The fourth-order valence-corrected chi connectivity index (χ4v) is 5.36. The lowest BCUT2D eigenvalue weighted by Crippen LogP contribution is -2.50. The van der Waals surface area contributed by atoms with E-state index >= 15 is 0 Å². The van der Waals surface area contributed by atoms with E-state index in [4.69, 9.17) is 4.98 Å². The number of carbonyl (C=O) groups excluding carboxylic acids is 1. The Hall–Kier alpha value is -1.89. The summed E-state index contributed by atoms with van der Waals surface area (Å²) in [5.41, 5.74) is 1.32. The van der Waals surface area contributed by atoms with Crippen molar-refractivity contribution in [1.82, 2.24) is 14.5 Å². The predicted molar refractivity (Wildman–Crippen MR) is 98.4 cm³/mol. The van der Waals surface area contributed by atoms with Crippen molar-refractivity contribution in [3.05, 3.63) is 20.8 Å². The number of hydrogen-bond acceptors (Lipinski definition) is 5. The molecular formula is C18H22N4O2S. The van der Waals surface area contributed by atoms with Gasteiger partial charge in [-0.25, -0.2) is 4.98 Å². The highest BCUT2D eigenvalue weighted by molar-refractivity contribution is 7.18. The Kier molecular flexibility index (Phi) is 3.42. The Morgan fingerprint density at radius 1 is 1.16 bits per heavy atom. The molecule has 6 nitrogen and oxygen atoms in total. The first kappa shape index (κ1) is 15.4. The van der Waals surface area contributed by atoms with Crippen molar-refractivity contribution in [3.8, 4) is 0 Å². The highest BCUT2D eigenvalue weighted by atomic mass is 32.1. The summed E-state index contributed by atoms with van der Waals surface area (Å²) in [6.45, 7) is 2.94. The molecule has 0 radical (unpaired) electrons. The standard InChI is InChI=1S/C18H22N4O2S/c1-20-17(24)14-12-3-2-4-13(12)25-15(14)19-18(20)22-9-7-21(8-10-22)16(23)11-5-6-11/h11H,2-10H2,1H3. The van der Waals surface area contributed by atoms with Crippen LogP contribution in [0.2, 0.25) is 0 Å². The van der Waals surface area contributed by atoms with Gasteiger partial charge in [-0.05, 0) is 37.7 Å². The van der Waals surface area contributed by atoms with E-state index in [0.717, 1.165) is 74.4 Å². The highest BCUT2D eigenvalue weighted by Gasteiger charge is 2.35. The van der Waals surface area contributed by atoms with Crippen LogP contribution < -0.4 is 10.5 Å². The van der Waals surface area contributed by atoms with Gasteiger partial charge in [0.15, 0.2) is 0 Å². The number of hydrogen-bond donors (Lipinski definition) is 0. The number of aryl methyl sites for hydroxylation is 2. The van der Waals surface area contributed by atoms with Crippen molar-refractivity contribution >= 4 is 33.4 Å². The van der Waals surface area contributed by atoms with Crippen molar-refractivity contribution in [2.45, 2.75) is 32.1 Å². The lowest BCUT2D eigenvalue weighted by Gasteiger charge is -2.35. The highest BCUT2D eigenvalue weighted by Crippen LogP contribution is 2.35. The molecule has 7 heteroatoms. The zero-order valence-corrected chi connectivity index (χ0v) is 15.3. The Labute approximate surface area is 150 Å². The van der Waals surface area contributed by atoms with E-state index in [2.05, 4.69) is 4.90 Å². The van der Waals surface area contributed by atoms with E-state index in [1.165, 1.54) is 10.4 Å². The number of amides is 1. The number of nitrogens with zero attached hydrogens (tertiary/aromatic N) is 4. The second-order valence-electron chi connectivity index (χ2n) is 7.40. The maximum Gasteiger partial charge on any atom is 0.263 e. The van der Waals surface area contributed by atoms with E-state index in [0.29, 0.717) is 5.91 Å². The summed E-state index contributed by atoms with van der Waals surface area (Å²) in [4.78, 5) is 36.3. The van der Waals surface area contributed by atoms with Gasteiger partial charge in [-0.3, -0.25) is 14.2 Å². The van der Waals surface area contributed by atoms with Crippen LogP contribution in [0.4, 0.5) is 5.95 Å². The SMILES string of the molecule is Cn1c(N2CCN(C(=O)C3CC3)CC2)nc2sc3c(c2c1=O)CCC3. The molecule has 0 unspecified atom stereocenters. The topological polar surface area (TPSA) is 58.4 Å². The second-order valence-corrected chi connectivity index (χ2v) is 8.48. The largest absolute Gasteiger partial charge is 0.339 e. The number of piperazine rings is 1. The molecule has 25 heavy (non-hydrogen) atoms. The molecule has 0 aromatic carbocycles. The van der Waals surface area contributed by atoms with Crippen LogP contribution in [0.5, 0.6) is 0 Å². The van der Waals surface area contributed by atoms with E-state index in [1.54, 1.807) is 15.9 Å². The Morgan fingerprint density at radius 2 is 1.92 bits per heavy atom. The molecule has 0 bridgehead atoms. The third-order valence-corrected chi connectivity index (χ3v) is 6.91. The Bertz CT molecular complexity index is 919. The number of aromatic nitrogens is 2. The zero-order valence-electron chi connectivity index (χ0n) is 14.5. The molecule has 1 amide bonds. The fourth-order valence-electron chi connectivity index (χ4n) is 4.11. The Morgan fingerprint density at radius 3 is 2.64 bits per heavy atom. The first-order chi connectivity index (χ1) is 12.1. The summed E-state index contributed by atoms with van der Waals surface area (Å²) >= 11 is 1.69. The van der Waals surface area contributed by atoms with Gasteiger partial charge in [0.2, 0.25) is 11.9 Å². The maximum atomic E-state index is 12.9. The molecular weight excluding hydrogens is 336 g/mol. The molecule has 3 aliphatic rings. The van der Waals surface area contributed by atoms with Crippen molar-refractivity contribution in [2.75, 3.05) is 31.1 Å². The molecule has 1 saturated carbocycles. The molecule has 2 aromatic heterocycles. The van der Waals surface area contributed by atoms with Gasteiger partial charge >= 0.3 is 0 Å². The first-order valence-corrected chi connectivity index (χ1v) is 10.00. The normalized spacial score (nSPS) is 20.4. The van der Waals surface area contributed by atoms with Gasteiger partial charge in [-0.15, -0.1) is 11.3 Å². The minimum absolute atomic E-state index is 0.0795. The van der Waals surface area contributed by atoms with Crippen LogP contribution in [-0.2, 0) is 24.7 Å². The number of carbonyl (C=O) groups is 1. The average Bonchev–Trinajstić information content (AvgIpc) is 3.28. The van der Waals surface area contributed by atoms with Gasteiger partial charge < -0.3 is 9.80 Å². The summed E-state index contributed by atoms with van der Waals surface area (Å²) in [5, 5.41) is 0.839. The monoisotopic (exact) mass is 358 g/mol. The molecule has 0 atom stereocenters. The van der Waals surface area contributed by atoms with E-state index < -0.39 is 0 Å². The van der Waals surface area contributed by atoms with Gasteiger partial charge in [0.05, 0.1) is 5.39 Å². The number of anilines is 1. The van der Waals surface area contributed by atoms with Gasteiger partial charge in [-0.2, -0.15) is 0 Å². The fraction of sp³-hybridized carbons (Fsp3) is 0.611. The smallest absolute Gasteiger partial charge is 0.263 e. The van der Waals surface area contributed by atoms with Crippen molar-refractivity contribution < 1.29 is 4.79 Å². The average molecular weight is 358 g/mol. The molecule has 2 aliphatic carbocycles. The maximum absolute atomic E-state index is 12.9. The van der Waals surface area contributed by atoms with E-state index in [-0.39, 0.29) is 11.5 Å². The van der Waals surface area contributed by atoms with Crippen LogP contribution in [0.1, 0.15) is 29.7 Å². The first-order valence-electron chi connectivity index (χ1n) is 9.18. The summed E-state index contributed by atoms with van der Waals surface area (Å²) in [6.07, 6.45) is 5.34. The second kappa shape index (κ2) is 5.56. The lowest BCUT2D eigenvalue weighted by molar-refractivity contribution is -0.132. The molecule has 5 rings (SSSR count). The summed E-state index contributed by atoms with van der Waals surface area (Å²) in [6, 6.07) is 0. The summed E-state index contributed by atoms with van der Waals surface area (Å²) < 4.78 is 1.70. The van der Waals surface area contributed by atoms with Gasteiger partial charge in [-0.1, -0.05) is 0 Å². The van der Waals surface area contributed by atoms with Crippen LogP contribution in [0.15, 0.2) is 4.79 Å². The van der Waals surface area contributed by atoms with Crippen molar-refractivity contribution in [2.24, 2.45) is 13.0 Å². The Balaban J connectivity index is 1.44. The number of rotatable bonds is 2. The third-order valence-electron chi connectivity index (χ3n) is 5.72. The number of fused-ring (bicyclic) bond motifs is 3. The number of thiophene rings is 1. The van der Waals surface area contributed by atoms with Crippen LogP contribution in [0.3, 0.4) is 0 Å². The molecule has 0 N–H and O–H groups in total. The van der Waals surface area contributed by atoms with E-state index in [9.17, 15) is 9.59 Å². The van der Waals surface area contributed by atoms with Crippen LogP contribution in [0, 0.1) is 5.92 Å². The van der Waals surface area contributed by atoms with Gasteiger partial charge in [0.1, 0.15) is 4.83 Å². The minimum atomic E-state index is 0.0795. The summed E-state index contributed by atoms with van der Waals surface area (Å²) in [5.74, 6) is 1.33. The summed E-state index contributed by atoms with van der Waals surface area (Å²) in [7, 11) is 1.82. The van der Waals surface area contributed by atoms with Crippen molar-refractivity contribution in [1.29, 1.82) is 0 Å². The molecule has 2 fully saturated rings. The van der Waals surface area contributed by atoms with Gasteiger partial charge in [0.25, 0.3) is 5.56 Å². The zero-order chi connectivity index (χ0) is 17.1. The molecule has 3 heterocycles. The van der Waals surface area contributed by atoms with E-state index in [1.807, 2.05) is 11.9 Å². The molecule has 1 aliphatic heterocycles. The lowest BCUT2D eigenvalue weighted by atomic mass is 10.2. The molecule has 132 valence electrons. The molecule has 0 spiro atoms.